The zero-order valence-corrected chi connectivity index (χ0v) is 14.5. The molecule has 2 fully saturated rings. The molecule has 6 heteroatoms. The molecule has 2 bridgehead atoms. The Morgan fingerprint density at radius 2 is 1.78 bits per heavy atom. The summed E-state index contributed by atoms with van der Waals surface area (Å²) in [6.45, 7) is 7.09. The highest BCUT2D eigenvalue weighted by molar-refractivity contribution is 7.89. The summed E-state index contributed by atoms with van der Waals surface area (Å²) in [4.78, 5) is 11.0. The van der Waals surface area contributed by atoms with E-state index in [-0.39, 0.29) is 27.3 Å². The molecule has 0 amide bonds. The molecule has 0 unspecified atom stereocenters. The molecule has 2 aliphatic rings. The Morgan fingerprint density at radius 1 is 1.17 bits per heavy atom. The fourth-order valence-electron chi connectivity index (χ4n) is 4.59. The Morgan fingerprint density at radius 3 is 2.35 bits per heavy atom. The molecule has 0 aromatic heterocycles. The summed E-state index contributed by atoms with van der Waals surface area (Å²) in [7, 11) is -3.60. The van der Waals surface area contributed by atoms with Crippen molar-refractivity contribution in [3.05, 3.63) is 29.8 Å². The molecule has 1 saturated heterocycles. The van der Waals surface area contributed by atoms with Crippen LogP contribution in [-0.2, 0) is 10.0 Å². The zero-order chi connectivity index (χ0) is 17.0. The first-order valence-electron chi connectivity index (χ1n) is 7.86. The van der Waals surface area contributed by atoms with E-state index < -0.39 is 16.0 Å². The molecule has 23 heavy (non-hydrogen) atoms. The molecule has 1 saturated carbocycles. The van der Waals surface area contributed by atoms with Crippen LogP contribution in [0.25, 0.3) is 0 Å². The van der Waals surface area contributed by atoms with E-state index in [1.165, 1.54) is 24.3 Å². The molecule has 2 atom stereocenters. The molecule has 1 heterocycles. The smallest absolute Gasteiger partial charge is 0.243 e. The van der Waals surface area contributed by atoms with E-state index in [4.69, 9.17) is 0 Å². The molecule has 1 aliphatic heterocycles. The number of nitrogens with zero attached hydrogens (tertiary/aromatic N) is 1. The lowest BCUT2D eigenvalue weighted by atomic mass is 9.65. The summed E-state index contributed by atoms with van der Waals surface area (Å²) in [5.74, 6) is -1.31. The van der Waals surface area contributed by atoms with Crippen molar-refractivity contribution in [1.82, 2.24) is 4.31 Å². The van der Waals surface area contributed by atoms with E-state index in [1.54, 1.807) is 4.31 Å². The van der Waals surface area contributed by atoms with Crippen LogP contribution < -0.4 is 5.11 Å². The summed E-state index contributed by atoms with van der Waals surface area (Å²) < 4.78 is 27.6. The van der Waals surface area contributed by atoms with E-state index in [2.05, 4.69) is 20.8 Å². The Labute approximate surface area is 137 Å². The molecule has 1 aromatic rings. The molecule has 0 spiro atoms. The first-order valence-corrected chi connectivity index (χ1v) is 9.30. The number of carbonyl (C=O) groups is 1. The normalized spacial score (nSPS) is 30.3. The number of carbonyl (C=O) groups excluding carboxylic acids is 1. The summed E-state index contributed by atoms with van der Waals surface area (Å²) in [6.07, 6.45) is 2.78. The Balaban J connectivity index is 1.93. The minimum Gasteiger partial charge on any atom is -0.545 e. The zero-order valence-electron chi connectivity index (χ0n) is 13.7. The number of rotatable bonds is 3. The van der Waals surface area contributed by atoms with Gasteiger partial charge in [-0.1, -0.05) is 32.9 Å². The fourth-order valence-corrected chi connectivity index (χ4v) is 6.36. The van der Waals surface area contributed by atoms with Crippen LogP contribution in [0.1, 0.15) is 50.4 Å². The summed E-state index contributed by atoms with van der Waals surface area (Å²) >= 11 is 0. The van der Waals surface area contributed by atoms with Crippen molar-refractivity contribution >= 4 is 16.0 Å². The van der Waals surface area contributed by atoms with Gasteiger partial charge < -0.3 is 9.90 Å². The topological polar surface area (TPSA) is 77.5 Å². The van der Waals surface area contributed by atoms with Crippen molar-refractivity contribution in [2.45, 2.75) is 51.0 Å². The number of sulfonamides is 1. The maximum Gasteiger partial charge on any atom is 0.243 e. The molecule has 3 rings (SSSR count). The molecule has 0 N–H and O–H groups in total. The Hall–Kier alpha value is -1.40. The van der Waals surface area contributed by atoms with E-state index in [9.17, 15) is 18.3 Å². The van der Waals surface area contributed by atoms with Gasteiger partial charge in [-0.25, -0.2) is 8.42 Å². The monoisotopic (exact) mass is 336 g/mol. The molecule has 0 radical (unpaired) electrons. The van der Waals surface area contributed by atoms with Crippen LogP contribution in [-0.4, -0.2) is 31.3 Å². The minimum atomic E-state index is -3.60. The molecule has 5 nitrogen and oxygen atoms in total. The van der Waals surface area contributed by atoms with Gasteiger partial charge >= 0.3 is 0 Å². The highest BCUT2D eigenvalue weighted by Crippen LogP contribution is 2.53. The molecule has 1 aliphatic carbocycles. The van der Waals surface area contributed by atoms with Gasteiger partial charge in [0.15, 0.2) is 0 Å². The SMILES string of the molecule is CC1(C)C[C@@H]2C[C@](C)(CN2S(=O)(=O)c2ccc(C(=O)[O-])cc2)C1. The lowest BCUT2D eigenvalue weighted by Crippen LogP contribution is -2.37. The predicted octanol–water partition coefficient (Wildman–Crippen LogP) is 1.64. The number of carboxylic acids is 1. The molecular weight excluding hydrogens is 314 g/mol. The quantitative estimate of drug-likeness (QED) is 0.841. The van der Waals surface area contributed by atoms with Crippen molar-refractivity contribution < 1.29 is 18.3 Å². The first kappa shape index (κ1) is 16.5. The maximum absolute atomic E-state index is 13.0. The van der Waals surface area contributed by atoms with Gasteiger partial charge in [-0.05, 0) is 47.8 Å². The fraction of sp³-hybridized carbons (Fsp3) is 0.588. The average Bonchev–Trinajstić information content (AvgIpc) is 2.68. The second-order valence-electron chi connectivity index (χ2n) is 8.08. The van der Waals surface area contributed by atoms with Crippen LogP contribution in [0.3, 0.4) is 0 Å². The average molecular weight is 336 g/mol. The number of fused-ring (bicyclic) bond motifs is 2. The largest absolute Gasteiger partial charge is 0.545 e. The third-order valence-corrected chi connectivity index (χ3v) is 6.98. The van der Waals surface area contributed by atoms with Gasteiger partial charge in [-0.2, -0.15) is 4.31 Å². The first-order chi connectivity index (χ1) is 10.5. The van der Waals surface area contributed by atoms with E-state index in [0.29, 0.717) is 6.54 Å². The standard InChI is InChI=1S/C17H23NO4S/c1-16(2)8-13-9-17(3,10-16)11-18(13)23(21,22)14-6-4-12(5-7-14)15(19)20/h4-7,13H,8-11H2,1-3H3,(H,19,20)/p-1/t13-,17+/m1/s1. The van der Waals surface area contributed by atoms with Gasteiger partial charge in [0, 0.05) is 12.6 Å². The Kier molecular flexibility index (Phi) is 3.61. The number of benzene rings is 1. The third-order valence-electron chi connectivity index (χ3n) is 5.06. The van der Waals surface area contributed by atoms with Gasteiger partial charge in [0.1, 0.15) is 0 Å². The van der Waals surface area contributed by atoms with Crippen molar-refractivity contribution in [3.63, 3.8) is 0 Å². The number of hydrogen-bond donors (Lipinski definition) is 0. The summed E-state index contributed by atoms with van der Waals surface area (Å²) in [5.41, 5.74) is 0.141. The van der Waals surface area contributed by atoms with Crippen LogP contribution >= 0.6 is 0 Å². The van der Waals surface area contributed by atoms with Gasteiger partial charge in [0.05, 0.1) is 10.9 Å². The molecular formula is C17H22NO4S-. The lowest BCUT2D eigenvalue weighted by Gasteiger charge is -2.39. The predicted molar refractivity (Wildman–Crippen MR) is 84.2 cm³/mol. The third kappa shape index (κ3) is 2.90. The van der Waals surface area contributed by atoms with E-state index in [0.717, 1.165) is 19.3 Å². The maximum atomic E-state index is 13.0. The van der Waals surface area contributed by atoms with Crippen LogP contribution in [0.15, 0.2) is 29.2 Å². The number of hydrogen-bond acceptors (Lipinski definition) is 4. The number of aromatic carboxylic acids is 1. The minimum absolute atomic E-state index is 0.0165. The van der Waals surface area contributed by atoms with Gasteiger partial charge in [0.2, 0.25) is 10.0 Å². The van der Waals surface area contributed by atoms with Gasteiger partial charge in [-0.15, -0.1) is 0 Å². The second-order valence-corrected chi connectivity index (χ2v) is 9.97. The van der Waals surface area contributed by atoms with Crippen molar-refractivity contribution in [2.24, 2.45) is 10.8 Å². The van der Waals surface area contributed by atoms with Crippen LogP contribution in [0.4, 0.5) is 0 Å². The highest BCUT2D eigenvalue weighted by Gasteiger charge is 2.53. The molecule has 1 aromatic carbocycles. The Bertz CT molecular complexity index is 738. The van der Waals surface area contributed by atoms with E-state index >= 15 is 0 Å². The van der Waals surface area contributed by atoms with Gasteiger partial charge in [0.25, 0.3) is 0 Å². The van der Waals surface area contributed by atoms with Crippen LogP contribution in [0.2, 0.25) is 0 Å². The lowest BCUT2D eigenvalue weighted by molar-refractivity contribution is -0.255. The van der Waals surface area contributed by atoms with E-state index in [1.807, 2.05) is 0 Å². The van der Waals surface area contributed by atoms with Gasteiger partial charge in [-0.3, -0.25) is 0 Å². The van der Waals surface area contributed by atoms with Crippen LogP contribution in [0, 0.1) is 10.8 Å². The van der Waals surface area contributed by atoms with Crippen LogP contribution in [0.5, 0.6) is 0 Å². The second kappa shape index (κ2) is 5.05. The highest BCUT2D eigenvalue weighted by atomic mass is 32.2. The van der Waals surface area contributed by atoms with Crippen molar-refractivity contribution in [3.8, 4) is 0 Å². The summed E-state index contributed by atoms with van der Waals surface area (Å²) in [6, 6.07) is 5.31. The van der Waals surface area contributed by atoms with Crippen molar-refractivity contribution in [1.29, 1.82) is 0 Å². The molecule has 126 valence electrons. The van der Waals surface area contributed by atoms with Crippen molar-refractivity contribution in [2.75, 3.05) is 6.54 Å². The summed E-state index contributed by atoms with van der Waals surface area (Å²) in [5, 5.41) is 10.8. The number of carboxylic acid groups (broad SMARTS) is 1.